The first-order valence-electron chi connectivity index (χ1n) is 5.19. The van der Waals surface area contributed by atoms with Crippen molar-refractivity contribution < 1.29 is 9.13 Å². The maximum Gasteiger partial charge on any atom is 0.124 e. The molecule has 0 saturated heterocycles. The first kappa shape index (κ1) is 10.5. The van der Waals surface area contributed by atoms with Gasteiger partial charge in [0.1, 0.15) is 11.6 Å². The van der Waals surface area contributed by atoms with Gasteiger partial charge >= 0.3 is 0 Å². The summed E-state index contributed by atoms with van der Waals surface area (Å²) in [6, 6.07) is 10.6. The minimum atomic E-state index is -0.218. The van der Waals surface area contributed by atoms with Crippen molar-refractivity contribution in [2.75, 3.05) is 12.4 Å². The number of nitrogens with one attached hydrogen (secondary N) is 1. The molecule has 0 radical (unpaired) electrons. The molecular weight excluding hydrogens is 237 g/mol. The van der Waals surface area contributed by atoms with Crippen LogP contribution < -0.4 is 10.1 Å². The zero-order valence-corrected chi connectivity index (χ0v) is 9.98. The van der Waals surface area contributed by atoms with Gasteiger partial charge in [0.25, 0.3) is 0 Å². The molecular formula is C13H10FNOS. The van der Waals surface area contributed by atoms with Gasteiger partial charge in [-0.3, -0.25) is 0 Å². The van der Waals surface area contributed by atoms with Crippen LogP contribution in [0.4, 0.5) is 15.8 Å². The van der Waals surface area contributed by atoms with Crippen LogP contribution in [0.5, 0.6) is 5.75 Å². The second-order valence-corrected chi connectivity index (χ2v) is 4.81. The highest BCUT2D eigenvalue weighted by Crippen LogP contribution is 2.45. The van der Waals surface area contributed by atoms with E-state index in [2.05, 4.69) is 5.32 Å². The predicted octanol–water partition coefficient (Wildman–Crippen LogP) is 4.04. The third-order valence-corrected chi connectivity index (χ3v) is 3.74. The molecule has 3 rings (SSSR count). The van der Waals surface area contributed by atoms with Crippen LogP contribution in [0.1, 0.15) is 0 Å². The first-order valence-corrected chi connectivity index (χ1v) is 6.00. The van der Waals surface area contributed by atoms with Gasteiger partial charge in [-0.2, -0.15) is 0 Å². The van der Waals surface area contributed by atoms with Crippen molar-refractivity contribution in [3.05, 3.63) is 42.2 Å². The van der Waals surface area contributed by atoms with E-state index in [4.69, 9.17) is 4.74 Å². The van der Waals surface area contributed by atoms with Gasteiger partial charge < -0.3 is 10.1 Å². The van der Waals surface area contributed by atoms with Crippen LogP contribution in [0.25, 0.3) is 0 Å². The SMILES string of the molecule is COc1ccc2c(c1)Sc1cc(F)ccc1N2. The summed E-state index contributed by atoms with van der Waals surface area (Å²) in [5.74, 6) is 0.585. The molecule has 2 aromatic carbocycles. The molecule has 0 aromatic heterocycles. The molecule has 0 saturated carbocycles. The summed E-state index contributed by atoms with van der Waals surface area (Å²) in [4.78, 5) is 1.94. The molecule has 2 nitrogen and oxygen atoms in total. The van der Waals surface area contributed by atoms with Gasteiger partial charge in [0.2, 0.25) is 0 Å². The molecule has 0 unspecified atom stereocenters. The molecule has 1 aliphatic rings. The molecule has 1 N–H and O–H groups in total. The fourth-order valence-corrected chi connectivity index (χ4v) is 2.81. The topological polar surface area (TPSA) is 21.3 Å². The molecule has 1 aliphatic heterocycles. The monoisotopic (exact) mass is 247 g/mol. The van der Waals surface area contributed by atoms with Crippen LogP contribution in [0, 0.1) is 5.82 Å². The highest BCUT2D eigenvalue weighted by Gasteiger charge is 2.16. The Labute approximate surface area is 103 Å². The molecule has 0 aliphatic carbocycles. The Balaban J connectivity index is 2.05. The number of methoxy groups -OCH3 is 1. The average Bonchev–Trinajstić information content (AvgIpc) is 2.35. The molecule has 0 fully saturated rings. The second-order valence-electron chi connectivity index (χ2n) is 3.73. The quantitative estimate of drug-likeness (QED) is 0.701. The maximum atomic E-state index is 13.2. The lowest BCUT2D eigenvalue weighted by atomic mass is 10.2. The van der Waals surface area contributed by atoms with Crippen LogP contribution in [-0.4, -0.2) is 7.11 Å². The number of rotatable bonds is 1. The van der Waals surface area contributed by atoms with E-state index >= 15 is 0 Å². The summed E-state index contributed by atoms with van der Waals surface area (Å²) in [5, 5.41) is 3.28. The van der Waals surface area contributed by atoms with Crippen LogP contribution in [0.15, 0.2) is 46.2 Å². The van der Waals surface area contributed by atoms with Gasteiger partial charge in [0, 0.05) is 9.79 Å². The highest BCUT2D eigenvalue weighted by molar-refractivity contribution is 7.99. The van der Waals surface area contributed by atoms with Crippen molar-refractivity contribution in [3.63, 3.8) is 0 Å². The van der Waals surface area contributed by atoms with Crippen molar-refractivity contribution in [2.24, 2.45) is 0 Å². The van der Waals surface area contributed by atoms with Crippen molar-refractivity contribution in [3.8, 4) is 5.75 Å². The molecule has 0 spiro atoms. The Hall–Kier alpha value is -1.68. The van der Waals surface area contributed by atoms with Crippen molar-refractivity contribution in [2.45, 2.75) is 9.79 Å². The third-order valence-electron chi connectivity index (χ3n) is 2.62. The summed E-state index contributed by atoms with van der Waals surface area (Å²) >= 11 is 1.54. The van der Waals surface area contributed by atoms with E-state index in [1.165, 1.54) is 12.1 Å². The molecule has 17 heavy (non-hydrogen) atoms. The molecule has 1 heterocycles. The molecule has 86 valence electrons. The van der Waals surface area contributed by atoms with E-state index < -0.39 is 0 Å². The number of ether oxygens (including phenoxy) is 1. The van der Waals surface area contributed by atoms with Gasteiger partial charge in [-0.15, -0.1) is 0 Å². The van der Waals surface area contributed by atoms with E-state index in [1.54, 1.807) is 24.9 Å². The Morgan fingerprint density at radius 1 is 1.06 bits per heavy atom. The fourth-order valence-electron chi connectivity index (χ4n) is 1.76. The smallest absolute Gasteiger partial charge is 0.124 e. The number of hydrogen-bond donors (Lipinski definition) is 1. The lowest BCUT2D eigenvalue weighted by Gasteiger charge is -2.21. The fraction of sp³-hybridized carbons (Fsp3) is 0.0769. The van der Waals surface area contributed by atoms with Crippen LogP contribution >= 0.6 is 11.8 Å². The van der Waals surface area contributed by atoms with Crippen LogP contribution in [0.3, 0.4) is 0 Å². The van der Waals surface area contributed by atoms with Gasteiger partial charge in [-0.25, -0.2) is 4.39 Å². The predicted molar refractivity (Wildman–Crippen MR) is 66.8 cm³/mol. The largest absolute Gasteiger partial charge is 0.497 e. The molecule has 0 atom stereocenters. The summed E-state index contributed by atoms with van der Waals surface area (Å²) in [6.07, 6.45) is 0. The van der Waals surface area contributed by atoms with E-state index in [0.29, 0.717) is 0 Å². The third kappa shape index (κ3) is 1.85. The Morgan fingerprint density at radius 3 is 2.53 bits per heavy atom. The number of hydrogen-bond acceptors (Lipinski definition) is 3. The van der Waals surface area contributed by atoms with E-state index in [0.717, 1.165) is 26.9 Å². The standard InChI is InChI=1S/C13H10FNOS/c1-16-9-3-5-11-13(7-9)17-12-6-8(14)2-4-10(12)15-11/h2-7,15H,1H3. The van der Waals surface area contributed by atoms with E-state index in [-0.39, 0.29) is 5.82 Å². The van der Waals surface area contributed by atoms with E-state index in [1.807, 2.05) is 18.2 Å². The second kappa shape index (κ2) is 3.96. The van der Waals surface area contributed by atoms with Crippen LogP contribution in [0.2, 0.25) is 0 Å². The summed E-state index contributed by atoms with van der Waals surface area (Å²) < 4.78 is 18.3. The number of benzene rings is 2. The van der Waals surface area contributed by atoms with Gasteiger partial charge in [0.05, 0.1) is 18.5 Å². The summed E-state index contributed by atoms with van der Waals surface area (Å²) in [7, 11) is 1.64. The molecule has 2 aromatic rings. The van der Waals surface area contributed by atoms with Crippen molar-refractivity contribution >= 4 is 23.1 Å². The number of fused-ring (bicyclic) bond motifs is 2. The Morgan fingerprint density at radius 2 is 1.76 bits per heavy atom. The maximum absolute atomic E-state index is 13.2. The van der Waals surface area contributed by atoms with Gasteiger partial charge in [-0.05, 0) is 36.4 Å². The minimum Gasteiger partial charge on any atom is -0.497 e. The Kier molecular flexibility index (Phi) is 2.44. The lowest BCUT2D eigenvalue weighted by molar-refractivity contribution is 0.414. The normalized spacial score (nSPS) is 12.4. The molecule has 0 amide bonds. The van der Waals surface area contributed by atoms with Gasteiger partial charge in [0.15, 0.2) is 0 Å². The average molecular weight is 247 g/mol. The first-order chi connectivity index (χ1) is 8.26. The summed E-state index contributed by atoms with van der Waals surface area (Å²) in [5.41, 5.74) is 1.96. The van der Waals surface area contributed by atoms with Gasteiger partial charge in [-0.1, -0.05) is 11.8 Å². The molecule has 0 bridgehead atoms. The zero-order chi connectivity index (χ0) is 11.8. The summed E-state index contributed by atoms with van der Waals surface area (Å²) in [6.45, 7) is 0. The zero-order valence-electron chi connectivity index (χ0n) is 9.16. The van der Waals surface area contributed by atoms with Crippen molar-refractivity contribution in [1.82, 2.24) is 0 Å². The number of anilines is 2. The lowest BCUT2D eigenvalue weighted by Crippen LogP contribution is -2.00. The van der Waals surface area contributed by atoms with Crippen LogP contribution in [-0.2, 0) is 0 Å². The minimum absolute atomic E-state index is 0.218. The van der Waals surface area contributed by atoms with E-state index in [9.17, 15) is 4.39 Å². The number of halogens is 1. The highest BCUT2D eigenvalue weighted by atomic mass is 32.2. The van der Waals surface area contributed by atoms with Crippen molar-refractivity contribution in [1.29, 1.82) is 0 Å². The molecule has 4 heteroatoms. The Bertz CT molecular complexity index is 586.